The maximum atomic E-state index is 14.0. The minimum atomic E-state index is -0.732. The smallest absolute Gasteiger partial charge is 0.137 e. The van der Waals surface area contributed by atoms with Crippen LogP contribution in [0.4, 0.5) is 13.2 Å². The fourth-order valence-electron chi connectivity index (χ4n) is 1.76. The lowest BCUT2D eigenvalue weighted by atomic mass is 10.0. The highest BCUT2D eigenvalue weighted by Crippen LogP contribution is 2.37. The number of halogens is 5. The van der Waals surface area contributed by atoms with Gasteiger partial charge in [0.15, 0.2) is 0 Å². The standard InChI is InChI=1S/C14H9Br2F3O/c1-20-8-5-11(18)13(12(19)6-8)14(16)7-2-3-10(17)9(15)4-7/h2-6,14H,1H3. The monoisotopic (exact) mass is 408 g/mol. The molecule has 0 aliphatic carbocycles. The Kier molecular flexibility index (Phi) is 4.75. The molecule has 0 aromatic heterocycles. The molecule has 0 radical (unpaired) electrons. The molecule has 0 aliphatic heterocycles. The van der Waals surface area contributed by atoms with E-state index in [4.69, 9.17) is 4.74 Å². The normalized spacial score (nSPS) is 12.3. The van der Waals surface area contributed by atoms with E-state index in [-0.39, 0.29) is 15.8 Å². The number of methoxy groups -OCH3 is 1. The second-order valence-corrected chi connectivity index (χ2v) is 5.81. The maximum Gasteiger partial charge on any atom is 0.137 e. The molecule has 6 heteroatoms. The highest BCUT2D eigenvalue weighted by molar-refractivity contribution is 9.10. The molecule has 2 aromatic rings. The number of ether oxygens (including phenoxy) is 1. The van der Waals surface area contributed by atoms with Crippen molar-refractivity contribution in [3.8, 4) is 5.75 Å². The SMILES string of the molecule is COc1cc(F)c(C(Br)c2ccc(F)c(Br)c2)c(F)c1. The van der Waals surface area contributed by atoms with Crippen LogP contribution >= 0.6 is 31.9 Å². The lowest BCUT2D eigenvalue weighted by Crippen LogP contribution is -2.02. The predicted octanol–water partition coefficient (Wildman–Crippen LogP) is 5.36. The Morgan fingerprint density at radius 2 is 1.60 bits per heavy atom. The summed E-state index contributed by atoms with van der Waals surface area (Å²) >= 11 is 6.28. The van der Waals surface area contributed by atoms with Gasteiger partial charge in [-0.25, -0.2) is 13.2 Å². The largest absolute Gasteiger partial charge is 0.497 e. The van der Waals surface area contributed by atoms with E-state index in [2.05, 4.69) is 31.9 Å². The van der Waals surface area contributed by atoms with Crippen LogP contribution in [-0.4, -0.2) is 7.11 Å². The molecule has 0 saturated carbocycles. The summed E-state index contributed by atoms with van der Waals surface area (Å²) in [6.45, 7) is 0. The van der Waals surface area contributed by atoms with Gasteiger partial charge in [-0.05, 0) is 33.6 Å². The van der Waals surface area contributed by atoms with Crippen molar-refractivity contribution in [2.24, 2.45) is 0 Å². The third kappa shape index (κ3) is 3.01. The molecule has 1 nitrogen and oxygen atoms in total. The molecule has 0 heterocycles. The molecular weight excluding hydrogens is 401 g/mol. The van der Waals surface area contributed by atoms with E-state index in [9.17, 15) is 13.2 Å². The van der Waals surface area contributed by atoms with Gasteiger partial charge in [-0.15, -0.1) is 0 Å². The van der Waals surface area contributed by atoms with Gasteiger partial charge in [0.25, 0.3) is 0 Å². The third-order valence-corrected chi connectivity index (χ3v) is 4.37. The lowest BCUT2D eigenvalue weighted by Gasteiger charge is -2.14. The number of rotatable bonds is 3. The minimum Gasteiger partial charge on any atom is -0.497 e. The zero-order valence-electron chi connectivity index (χ0n) is 10.3. The van der Waals surface area contributed by atoms with Gasteiger partial charge >= 0.3 is 0 Å². The highest BCUT2D eigenvalue weighted by Gasteiger charge is 2.21. The molecule has 0 fully saturated rings. The van der Waals surface area contributed by atoms with Crippen LogP contribution in [-0.2, 0) is 0 Å². The van der Waals surface area contributed by atoms with Gasteiger partial charge in [-0.1, -0.05) is 22.0 Å². The number of hydrogen-bond donors (Lipinski definition) is 0. The first-order valence-electron chi connectivity index (χ1n) is 5.56. The first-order valence-corrected chi connectivity index (χ1v) is 7.27. The molecule has 0 bridgehead atoms. The Balaban J connectivity index is 2.47. The summed E-state index contributed by atoms with van der Waals surface area (Å²) in [5.74, 6) is -1.80. The zero-order chi connectivity index (χ0) is 14.9. The second-order valence-electron chi connectivity index (χ2n) is 4.04. The Hall–Kier alpha value is -1.01. The fraction of sp³-hybridized carbons (Fsp3) is 0.143. The van der Waals surface area contributed by atoms with E-state index in [1.54, 1.807) is 0 Å². The van der Waals surface area contributed by atoms with Crippen molar-refractivity contribution >= 4 is 31.9 Å². The Morgan fingerprint density at radius 3 is 2.10 bits per heavy atom. The average molecular weight is 410 g/mol. The summed E-state index contributed by atoms with van der Waals surface area (Å²) in [5, 5.41) is 0. The molecule has 20 heavy (non-hydrogen) atoms. The summed E-state index contributed by atoms with van der Waals surface area (Å²) in [4.78, 5) is -0.731. The van der Waals surface area contributed by atoms with Crippen LogP contribution in [0.5, 0.6) is 5.75 Å². The summed E-state index contributed by atoms with van der Waals surface area (Å²) in [7, 11) is 1.33. The van der Waals surface area contributed by atoms with E-state index in [0.29, 0.717) is 5.56 Å². The van der Waals surface area contributed by atoms with Crippen molar-refractivity contribution in [3.63, 3.8) is 0 Å². The van der Waals surface area contributed by atoms with Crippen LogP contribution in [0.1, 0.15) is 16.0 Å². The average Bonchev–Trinajstić information content (AvgIpc) is 2.40. The summed E-state index contributed by atoms with van der Waals surface area (Å²) in [5.41, 5.74) is 0.380. The van der Waals surface area contributed by atoms with Gasteiger partial charge < -0.3 is 4.74 Å². The number of alkyl halides is 1. The molecule has 0 saturated heterocycles. The molecule has 1 unspecified atom stereocenters. The van der Waals surface area contributed by atoms with Crippen molar-refractivity contribution in [3.05, 3.63) is 63.4 Å². The second kappa shape index (κ2) is 6.18. The van der Waals surface area contributed by atoms with E-state index >= 15 is 0 Å². The fourth-order valence-corrected chi connectivity index (χ4v) is 2.88. The molecule has 0 aliphatic rings. The molecular formula is C14H9Br2F3O. The van der Waals surface area contributed by atoms with Crippen molar-refractivity contribution in [1.29, 1.82) is 0 Å². The molecule has 2 rings (SSSR count). The van der Waals surface area contributed by atoms with E-state index in [1.165, 1.54) is 25.3 Å². The Bertz CT molecular complexity index is 623. The van der Waals surface area contributed by atoms with E-state index in [0.717, 1.165) is 12.1 Å². The van der Waals surface area contributed by atoms with Crippen molar-refractivity contribution in [2.75, 3.05) is 7.11 Å². The van der Waals surface area contributed by atoms with Crippen LogP contribution in [0.25, 0.3) is 0 Å². The van der Waals surface area contributed by atoms with E-state index in [1.807, 2.05) is 0 Å². The molecule has 2 aromatic carbocycles. The molecule has 106 valence electrons. The maximum absolute atomic E-state index is 14.0. The predicted molar refractivity (Wildman–Crippen MR) is 77.8 cm³/mol. The lowest BCUT2D eigenvalue weighted by molar-refractivity contribution is 0.405. The molecule has 1 atom stereocenters. The number of hydrogen-bond acceptors (Lipinski definition) is 1. The summed E-state index contributed by atoms with van der Waals surface area (Å²) in [6, 6.07) is 6.37. The summed E-state index contributed by atoms with van der Waals surface area (Å²) < 4.78 is 46.2. The molecule has 0 N–H and O–H groups in total. The Labute approximate surface area is 131 Å². The van der Waals surface area contributed by atoms with Gasteiger partial charge in [0.1, 0.15) is 23.2 Å². The first kappa shape index (κ1) is 15.4. The van der Waals surface area contributed by atoms with Crippen molar-refractivity contribution < 1.29 is 17.9 Å². The zero-order valence-corrected chi connectivity index (χ0v) is 13.4. The van der Waals surface area contributed by atoms with Crippen LogP contribution in [0.2, 0.25) is 0 Å². The van der Waals surface area contributed by atoms with Crippen molar-refractivity contribution in [2.45, 2.75) is 4.83 Å². The summed E-state index contributed by atoms with van der Waals surface area (Å²) in [6.07, 6.45) is 0. The van der Waals surface area contributed by atoms with E-state index < -0.39 is 22.3 Å². The van der Waals surface area contributed by atoms with Gasteiger partial charge in [-0.3, -0.25) is 0 Å². The van der Waals surface area contributed by atoms with Crippen LogP contribution < -0.4 is 4.74 Å². The van der Waals surface area contributed by atoms with Crippen molar-refractivity contribution in [1.82, 2.24) is 0 Å². The van der Waals surface area contributed by atoms with Crippen LogP contribution in [0.3, 0.4) is 0 Å². The molecule has 0 spiro atoms. The quantitative estimate of drug-likeness (QED) is 0.620. The van der Waals surface area contributed by atoms with Crippen LogP contribution in [0, 0.1) is 17.5 Å². The molecule has 0 amide bonds. The first-order chi connectivity index (χ1) is 9.43. The minimum absolute atomic E-state index is 0.101. The van der Waals surface area contributed by atoms with Gasteiger partial charge in [0.05, 0.1) is 16.4 Å². The number of benzene rings is 2. The van der Waals surface area contributed by atoms with Gasteiger partial charge in [0.2, 0.25) is 0 Å². The van der Waals surface area contributed by atoms with Gasteiger partial charge in [0, 0.05) is 17.7 Å². The highest BCUT2D eigenvalue weighted by atomic mass is 79.9. The van der Waals surface area contributed by atoms with Gasteiger partial charge in [-0.2, -0.15) is 0 Å². The van der Waals surface area contributed by atoms with Crippen LogP contribution in [0.15, 0.2) is 34.8 Å². The Morgan fingerprint density at radius 1 is 1.00 bits per heavy atom. The third-order valence-electron chi connectivity index (χ3n) is 2.78. The topological polar surface area (TPSA) is 9.23 Å².